The summed E-state index contributed by atoms with van der Waals surface area (Å²) < 4.78 is 3.64. The van der Waals surface area contributed by atoms with E-state index in [-0.39, 0.29) is 0 Å². The fraction of sp³-hybridized carbons (Fsp3) is 0.667. The van der Waals surface area contributed by atoms with Crippen LogP contribution in [0.2, 0.25) is 5.02 Å². The second-order valence-corrected chi connectivity index (χ2v) is 6.49. The number of hydrogen-bond donors (Lipinski definition) is 1. The summed E-state index contributed by atoms with van der Waals surface area (Å²) >= 11 is 7.83. The minimum absolute atomic E-state index is 0.701. The van der Waals surface area contributed by atoms with Crippen LogP contribution in [-0.2, 0) is 19.3 Å². The van der Waals surface area contributed by atoms with Gasteiger partial charge in [-0.2, -0.15) is 5.10 Å². The Balaban J connectivity index is 1.58. The van der Waals surface area contributed by atoms with Gasteiger partial charge in [0.2, 0.25) is 5.16 Å². The quantitative estimate of drug-likeness (QED) is 0.775. The van der Waals surface area contributed by atoms with Crippen molar-refractivity contribution in [3.63, 3.8) is 0 Å². The van der Waals surface area contributed by atoms with Crippen molar-refractivity contribution in [1.29, 1.82) is 0 Å². The van der Waals surface area contributed by atoms with Gasteiger partial charge >= 0.3 is 0 Å². The van der Waals surface area contributed by atoms with Gasteiger partial charge < -0.3 is 5.32 Å². The second-order valence-electron chi connectivity index (χ2n) is 5.17. The summed E-state index contributed by atoms with van der Waals surface area (Å²) in [5.74, 6) is 0.701. The minimum atomic E-state index is 0.701. The molecule has 0 spiro atoms. The predicted molar refractivity (Wildman–Crippen MR) is 81.4 cm³/mol. The van der Waals surface area contributed by atoms with Crippen molar-refractivity contribution >= 4 is 23.4 Å². The topological polar surface area (TPSA) is 73.5 Å². The smallest absolute Gasteiger partial charge is 0.209 e. The Morgan fingerprint density at radius 1 is 1.43 bits per heavy atom. The SMILES string of the molecule is Cc1nn(C)c(CSc2nnnn2CCNC2CC2)c1Cl. The van der Waals surface area contributed by atoms with E-state index < -0.39 is 0 Å². The summed E-state index contributed by atoms with van der Waals surface area (Å²) in [6.07, 6.45) is 2.57. The number of hydrogen-bond acceptors (Lipinski definition) is 6. The number of aromatic nitrogens is 6. The van der Waals surface area contributed by atoms with Gasteiger partial charge in [0.1, 0.15) is 0 Å². The third-order valence-corrected chi connectivity index (χ3v) is 4.89. The van der Waals surface area contributed by atoms with Crippen LogP contribution in [0, 0.1) is 6.92 Å². The Morgan fingerprint density at radius 3 is 2.90 bits per heavy atom. The lowest BCUT2D eigenvalue weighted by Gasteiger charge is -2.05. The van der Waals surface area contributed by atoms with Crippen LogP contribution in [-0.4, -0.2) is 42.6 Å². The van der Waals surface area contributed by atoms with Crippen LogP contribution in [0.4, 0.5) is 0 Å². The molecule has 0 unspecified atom stereocenters. The Hall–Kier alpha value is -1.12. The second kappa shape index (κ2) is 6.33. The third-order valence-electron chi connectivity index (χ3n) is 3.43. The van der Waals surface area contributed by atoms with Crippen LogP contribution >= 0.6 is 23.4 Å². The van der Waals surface area contributed by atoms with Crippen molar-refractivity contribution in [2.75, 3.05) is 6.54 Å². The monoisotopic (exact) mass is 327 g/mol. The van der Waals surface area contributed by atoms with Crippen LogP contribution in [0.1, 0.15) is 24.2 Å². The van der Waals surface area contributed by atoms with E-state index in [1.165, 1.54) is 12.8 Å². The fourth-order valence-corrected chi connectivity index (χ4v) is 3.35. The molecule has 2 aromatic heterocycles. The van der Waals surface area contributed by atoms with Crippen molar-refractivity contribution < 1.29 is 0 Å². The highest BCUT2D eigenvalue weighted by Gasteiger charge is 2.20. The van der Waals surface area contributed by atoms with Crippen LogP contribution in [0.25, 0.3) is 0 Å². The molecule has 0 amide bonds. The first-order valence-corrected chi connectivity index (χ1v) is 8.32. The molecule has 1 aliphatic carbocycles. The summed E-state index contributed by atoms with van der Waals surface area (Å²) in [5.41, 5.74) is 1.84. The maximum atomic E-state index is 6.25. The van der Waals surface area contributed by atoms with E-state index in [2.05, 4.69) is 25.9 Å². The van der Waals surface area contributed by atoms with E-state index >= 15 is 0 Å². The molecule has 2 aromatic rings. The van der Waals surface area contributed by atoms with E-state index in [0.717, 1.165) is 34.7 Å². The molecule has 1 fully saturated rings. The standard InChI is InChI=1S/C12H18ClN7S/c1-8-11(13)10(19(2)16-8)7-21-12-15-17-18-20(12)6-5-14-9-3-4-9/h9,14H,3-7H2,1-2H3. The van der Waals surface area contributed by atoms with Crippen molar-refractivity contribution in [1.82, 2.24) is 35.3 Å². The van der Waals surface area contributed by atoms with E-state index in [1.807, 2.05) is 23.3 Å². The van der Waals surface area contributed by atoms with Gasteiger partial charge in [-0.1, -0.05) is 23.4 Å². The van der Waals surface area contributed by atoms with Crippen LogP contribution in [0.15, 0.2) is 5.16 Å². The highest BCUT2D eigenvalue weighted by molar-refractivity contribution is 7.98. The van der Waals surface area contributed by atoms with Gasteiger partial charge in [-0.25, -0.2) is 4.68 Å². The molecule has 1 saturated carbocycles. The Morgan fingerprint density at radius 2 is 2.24 bits per heavy atom. The molecule has 9 heteroatoms. The van der Waals surface area contributed by atoms with Crippen molar-refractivity contribution in [3.05, 3.63) is 16.4 Å². The summed E-state index contributed by atoms with van der Waals surface area (Å²) in [6.45, 7) is 3.59. The molecule has 3 rings (SSSR count). The normalized spacial score (nSPS) is 14.8. The van der Waals surface area contributed by atoms with Gasteiger partial charge in [-0.3, -0.25) is 4.68 Å². The molecule has 0 radical (unpaired) electrons. The molecule has 0 aliphatic heterocycles. The first-order chi connectivity index (χ1) is 10.1. The summed E-state index contributed by atoms with van der Waals surface area (Å²) in [5, 5.41) is 21.2. The molecule has 0 saturated heterocycles. The lowest BCUT2D eigenvalue weighted by Crippen LogP contribution is -2.22. The maximum absolute atomic E-state index is 6.25. The average Bonchev–Trinajstić information content (AvgIpc) is 3.11. The largest absolute Gasteiger partial charge is 0.312 e. The van der Waals surface area contributed by atoms with Crippen LogP contribution in [0.3, 0.4) is 0 Å². The number of rotatable bonds is 7. The number of nitrogens with zero attached hydrogens (tertiary/aromatic N) is 6. The first kappa shape index (κ1) is 14.8. The number of halogens is 1. The highest BCUT2D eigenvalue weighted by Crippen LogP contribution is 2.26. The molecule has 114 valence electrons. The molecule has 21 heavy (non-hydrogen) atoms. The zero-order valence-corrected chi connectivity index (χ0v) is 13.7. The molecule has 0 atom stereocenters. The Labute approximate surface area is 132 Å². The Kier molecular flexibility index (Phi) is 4.46. The van der Waals surface area contributed by atoms with Gasteiger partial charge in [0, 0.05) is 25.4 Å². The molecule has 0 bridgehead atoms. The number of thioether (sulfide) groups is 1. The fourth-order valence-electron chi connectivity index (χ4n) is 2.07. The van der Waals surface area contributed by atoms with Crippen molar-refractivity contribution in [2.45, 2.75) is 43.3 Å². The van der Waals surface area contributed by atoms with Crippen molar-refractivity contribution in [3.8, 4) is 0 Å². The molecule has 2 heterocycles. The van der Waals surface area contributed by atoms with Gasteiger partial charge in [-0.05, 0) is 30.2 Å². The molecular formula is C12H18ClN7S. The van der Waals surface area contributed by atoms with Gasteiger partial charge in [0.25, 0.3) is 0 Å². The molecule has 1 aliphatic rings. The number of aryl methyl sites for hydroxylation is 2. The van der Waals surface area contributed by atoms with Gasteiger partial charge in [0.15, 0.2) is 0 Å². The maximum Gasteiger partial charge on any atom is 0.209 e. The van der Waals surface area contributed by atoms with Gasteiger partial charge in [-0.15, -0.1) is 5.10 Å². The predicted octanol–water partition coefficient (Wildman–Crippen LogP) is 1.41. The highest BCUT2D eigenvalue weighted by atomic mass is 35.5. The zero-order chi connectivity index (χ0) is 14.8. The van der Waals surface area contributed by atoms with Gasteiger partial charge in [0.05, 0.1) is 23.0 Å². The molecular weight excluding hydrogens is 310 g/mol. The van der Waals surface area contributed by atoms with E-state index in [9.17, 15) is 0 Å². The van der Waals surface area contributed by atoms with Crippen LogP contribution in [0.5, 0.6) is 0 Å². The van der Waals surface area contributed by atoms with E-state index in [4.69, 9.17) is 11.6 Å². The first-order valence-electron chi connectivity index (χ1n) is 6.95. The minimum Gasteiger partial charge on any atom is -0.312 e. The van der Waals surface area contributed by atoms with Crippen LogP contribution < -0.4 is 5.32 Å². The molecule has 7 nitrogen and oxygen atoms in total. The van der Waals surface area contributed by atoms with Crippen molar-refractivity contribution in [2.24, 2.45) is 7.05 Å². The average molecular weight is 328 g/mol. The lowest BCUT2D eigenvalue weighted by atomic mass is 10.4. The van der Waals surface area contributed by atoms with E-state index in [0.29, 0.717) is 11.8 Å². The lowest BCUT2D eigenvalue weighted by molar-refractivity contribution is 0.509. The molecule has 1 N–H and O–H groups in total. The summed E-state index contributed by atoms with van der Waals surface area (Å²) in [6, 6.07) is 0.703. The summed E-state index contributed by atoms with van der Waals surface area (Å²) in [4.78, 5) is 0. The number of nitrogens with one attached hydrogen (secondary N) is 1. The summed E-state index contributed by atoms with van der Waals surface area (Å²) in [7, 11) is 1.90. The molecule has 0 aromatic carbocycles. The third kappa shape index (κ3) is 3.56. The Bertz CT molecular complexity index is 619. The zero-order valence-electron chi connectivity index (χ0n) is 12.1. The van der Waals surface area contributed by atoms with E-state index in [1.54, 1.807) is 11.8 Å². The number of tetrazole rings is 1.